The number of anilines is 1. The van der Waals surface area contributed by atoms with Crippen molar-refractivity contribution >= 4 is 5.95 Å². The van der Waals surface area contributed by atoms with E-state index in [0.29, 0.717) is 13.2 Å². The van der Waals surface area contributed by atoms with Gasteiger partial charge in [0.05, 0.1) is 13.2 Å². The Hall–Kier alpha value is -1.59. The second-order valence-electron chi connectivity index (χ2n) is 4.02. The summed E-state index contributed by atoms with van der Waals surface area (Å²) >= 11 is 0. The number of hydrogen-bond donors (Lipinski definition) is 1. The largest absolute Gasteiger partial charge is 0.463 e. The van der Waals surface area contributed by atoms with Crippen LogP contribution >= 0.6 is 0 Å². The molecule has 1 aromatic rings. The molecule has 0 bridgehead atoms. The molecule has 0 amide bonds. The first kappa shape index (κ1) is 14.5. The normalized spacial score (nSPS) is 10.3. The van der Waals surface area contributed by atoms with Crippen LogP contribution in [0.15, 0.2) is 0 Å². The third-order valence-corrected chi connectivity index (χ3v) is 2.28. The maximum absolute atomic E-state index is 5.56. The first-order valence-electron chi connectivity index (χ1n) is 6.53. The lowest BCUT2D eigenvalue weighted by Gasteiger charge is -2.07. The monoisotopic (exact) mass is 254 g/mol. The molecule has 6 nitrogen and oxygen atoms in total. The number of rotatable bonds is 9. The van der Waals surface area contributed by atoms with Gasteiger partial charge in [0.25, 0.3) is 0 Å². The molecular weight excluding hydrogens is 232 g/mol. The van der Waals surface area contributed by atoms with Gasteiger partial charge in [0.1, 0.15) is 0 Å². The molecule has 0 saturated heterocycles. The number of unbranched alkanes of at least 4 members (excludes halogenated alkanes) is 3. The summed E-state index contributed by atoms with van der Waals surface area (Å²) in [5.74, 6) is 0.125. The molecule has 0 saturated carbocycles. The van der Waals surface area contributed by atoms with Crippen molar-refractivity contribution in [3.63, 3.8) is 0 Å². The fraction of sp³-hybridized carbons (Fsp3) is 0.750. The lowest BCUT2D eigenvalue weighted by atomic mass is 10.2. The molecule has 18 heavy (non-hydrogen) atoms. The fourth-order valence-corrected chi connectivity index (χ4v) is 1.37. The van der Waals surface area contributed by atoms with E-state index in [0.717, 1.165) is 19.3 Å². The SMILES string of the molecule is CCCCCCOc1nc(N)nc(OCCC)n1. The third-order valence-electron chi connectivity index (χ3n) is 2.28. The summed E-state index contributed by atoms with van der Waals surface area (Å²) in [5.41, 5.74) is 5.56. The van der Waals surface area contributed by atoms with Gasteiger partial charge >= 0.3 is 12.0 Å². The summed E-state index contributed by atoms with van der Waals surface area (Å²) in [4.78, 5) is 11.8. The minimum atomic E-state index is 0.125. The van der Waals surface area contributed by atoms with Gasteiger partial charge in [-0.25, -0.2) is 0 Å². The van der Waals surface area contributed by atoms with Crippen molar-refractivity contribution in [2.45, 2.75) is 46.0 Å². The summed E-state index contributed by atoms with van der Waals surface area (Å²) in [6.45, 7) is 5.33. The van der Waals surface area contributed by atoms with Gasteiger partial charge in [0, 0.05) is 0 Å². The van der Waals surface area contributed by atoms with E-state index in [2.05, 4.69) is 21.9 Å². The van der Waals surface area contributed by atoms with E-state index < -0.39 is 0 Å². The van der Waals surface area contributed by atoms with Gasteiger partial charge in [-0.2, -0.15) is 9.97 Å². The lowest BCUT2D eigenvalue weighted by Crippen LogP contribution is -2.08. The maximum Gasteiger partial charge on any atom is 0.324 e. The molecule has 2 N–H and O–H groups in total. The topological polar surface area (TPSA) is 83.2 Å². The molecule has 102 valence electrons. The van der Waals surface area contributed by atoms with Crippen molar-refractivity contribution in [3.05, 3.63) is 0 Å². The molecule has 0 spiro atoms. The van der Waals surface area contributed by atoms with E-state index in [9.17, 15) is 0 Å². The quantitative estimate of drug-likeness (QED) is 0.680. The minimum absolute atomic E-state index is 0.125. The van der Waals surface area contributed by atoms with Crippen molar-refractivity contribution in [2.75, 3.05) is 18.9 Å². The van der Waals surface area contributed by atoms with Crippen LogP contribution in [0.5, 0.6) is 12.0 Å². The van der Waals surface area contributed by atoms with E-state index in [1.54, 1.807) is 0 Å². The predicted molar refractivity (Wildman–Crippen MR) is 69.7 cm³/mol. The van der Waals surface area contributed by atoms with Crippen LogP contribution in [-0.2, 0) is 0 Å². The highest BCUT2D eigenvalue weighted by Crippen LogP contribution is 2.11. The van der Waals surface area contributed by atoms with Crippen LogP contribution in [0.4, 0.5) is 5.95 Å². The molecule has 1 rings (SSSR count). The zero-order valence-corrected chi connectivity index (χ0v) is 11.2. The lowest BCUT2D eigenvalue weighted by molar-refractivity contribution is 0.257. The van der Waals surface area contributed by atoms with Crippen LogP contribution in [0, 0.1) is 0 Å². The maximum atomic E-state index is 5.56. The molecule has 0 aliphatic rings. The summed E-state index contributed by atoms with van der Waals surface area (Å²) in [7, 11) is 0. The molecule has 0 fully saturated rings. The fourth-order valence-electron chi connectivity index (χ4n) is 1.37. The molecule has 1 aromatic heterocycles. The molecule has 0 unspecified atom stereocenters. The Labute approximate surface area is 108 Å². The Morgan fingerprint density at radius 3 is 2.11 bits per heavy atom. The molecule has 0 aliphatic heterocycles. The third kappa shape index (κ3) is 5.65. The van der Waals surface area contributed by atoms with Crippen LogP contribution in [0.25, 0.3) is 0 Å². The number of nitrogens with zero attached hydrogens (tertiary/aromatic N) is 3. The van der Waals surface area contributed by atoms with Crippen molar-refractivity contribution in [1.29, 1.82) is 0 Å². The number of nitrogens with two attached hydrogens (primary N) is 1. The van der Waals surface area contributed by atoms with Crippen LogP contribution in [0.1, 0.15) is 46.0 Å². The Bertz CT molecular complexity index is 347. The second-order valence-corrected chi connectivity index (χ2v) is 4.02. The van der Waals surface area contributed by atoms with Crippen molar-refractivity contribution in [3.8, 4) is 12.0 Å². The first-order valence-corrected chi connectivity index (χ1v) is 6.53. The molecule has 0 aromatic carbocycles. The number of aromatic nitrogens is 3. The average molecular weight is 254 g/mol. The zero-order chi connectivity index (χ0) is 13.2. The summed E-state index contributed by atoms with van der Waals surface area (Å²) < 4.78 is 10.7. The zero-order valence-electron chi connectivity index (χ0n) is 11.2. The number of nitrogen functional groups attached to an aromatic ring is 1. The van der Waals surface area contributed by atoms with Crippen LogP contribution in [0.2, 0.25) is 0 Å². The van der Waals surface area contributed by atoms with Gasteiger partial charge in [-0.1, -0.05) is 33.1 Å². The Morgan fingerprint density at radius 1 is 0.833 bits per heavy atom. The number of ether oxygens (including phenoxy) is 2. The van der Waals surface area contributed by atoms with Gasteiger partial charge < -0.3 is 15.2 Å². The van der Waals surface area contributed by atoms with Gasteiger partial charge in [-0.15, -0.1) is 4.98 Å². The van der Waals surface area contributed by atoms with Crippen LogP contribution in [-0.4, -0.2) is 28.2 Å². The van der Waals surface area contributed by atoms with Crippen LogP contribution in [0.3, 0.4) is 0 Å². The Balaban J connectivity index is 2.41. The molecule has 0 aliphatic carbocycles. The van der Waals surface area contributed by atoms with E-state index in [1.165, 1.54) is 12.8 Å². The molecule has 0 atom stereocenters. The second kappa shape index (κ2) is 8.49. The van der Waals surface area contributed by atoms with E-state index in [1.807, 2.05) is 6.92 Å². The van der Waals surface area contributed by atoms with Gasteiger partial charge in [-0.05, 0) is 12.8 Å². The smallest absolute Gasteiger partial charge is 0.324 e. The van der Waals surface area contributed by atoms with Gasteiger partial charge in [-0.3, -0.25) is 0 Å². The summed E-state index contributed by atoms with van der Waals surface area (Å²) in [5, 5.41) is 0. The predicted octanol–water partition coefficient (Wildman–Crippen LogP) is 2.20. The molecule has 1 heterocycles. The first-order chi connectivity index (χ1) is 8.76. The molecule has 0 radical (unpaired) electrons. The average Bonchev–Trinajstić information content (AvgIpc) is 2.35. The van der Waals surface area contributed by atoms with E-state index in [4.69, 9.17) is 15.2 Å². The van der Waals surface area contributed by atoms with Crippen LogP contribution < -0.4 is 15.2 Å². The summed E-state index contributed by atoms with van der Waals surface area (Å²) in [6, 6.07) is 0.470. The Kier molecular flexibility index (Phi) is 6.83. The number of hydrogen-bond acceptors (Lipinski definition) is 6. The highest BCUT2D eigenvalue weighted by Gasteiger charge is 2.06. The van der Waals surface area contributed by atoms with Gasteiger partial charge in [0.15, 0.2) is 0 Å². The van der Waals surface area contributed by atoms with Gasteiger partial charge in [0.2, 0.25) is 5.95 Å². The van der Waals surface area contributed by atoms with Crippen molar-refractivity contribution < 1.29 is 9.47 Å². The standard InChI is InChI=1S/C12H22N4O2/c1-3-5-6-7-9-18-12-15-10(13)14-11(16-12)17-8-4-2/h3-9H2,1-2H3,(H2,13,14,15,16). The molecule has 6 heteroatoms. The summed E-state index contributed by atoms with van der Waals surface area (Å²) in [6.07, 6.45) is 5.45. The Morgan fingerprint density at radius 2 is 1.50 bits per heavy atom. The van der Waals surface area contributed by atoms with Crippen molar-refractivity contribution in [1.82, 2.24) is 15.0 Å². The van der Waals surface area contributed by atoms with E-state index in [-0.39, 0.29) is 18.0 Å². The van der Waals surface area contributed by atoms with E-state index >= 15 is 0 Å². The highest BCUT2D eigenvalue weighted by molar-refractivity contribution is 5.20. The minimum Gasteiger partial charge on any atom is -0.463 e. The highest BCUT2D eigenvalue weighted by atomic mass is 16.5. The van der Waals surface area contributed by atoms with Crippen molar-refractivity contribution in [2.24, 2.45) is 0 Å². The molecular formula is C12H22N4O2.